The van der Waals surface area contributed by atoms with E-state index in [2.05, 4.69) is 0 Å². The average Bonchev–Trinajstić information content (AvgIpc) is 3.36. The van der Waals surface area contributed by atoms with Crippen molar-refractivity contribution in [2.45, 2.75) is 12.1 Å². The lowest BCUT2D eigenvalue weighted by atomic mass is 9.83. The minimum atomic E-state index is -0.958. The van der Waals surface area contributed by atoms with Crippen molar-refractivity contribution in [3.05, 3.63) is 111 Å². The second kappa shape index (κ2) is 8.13. The van der Waals surface area contributed by atoms with Gasteiger partial charge in [-0.25, -0.2) is 4.90 Å². The highest BCUT2D eigenvalue weighted by Gasteiger charge is 2.64. The van der Waals surface area contributed by atoms with Crippen molar-refractivity contribution >= 4 is 46.6 Å². The Morgan fingerprint density at radius 3 is 2.39 bits per heavy atom. The molecule has 6 rings (SSSR count). The molecule has 2 amide bonds. The summed E-state index contributed by atoms with van der Waals surface area (Å²) in [7, 11) is 0. The zero-order chi connectivity index (χ0) is 25.1. The summed E-state index contributed by atoms with van der Waals surface area (Å²) in [6, 6.07) is 18.0. The van der Waals surface area contributed by atoms with Gasteiger partial charge in [-0.05, 0) is 47.5 Å². The van der Waals surface area contributed by atoms with Gasteiger partial charge in [0.1, 0.15) is 6.04 Å². The normalized spacial score (nSPS) is 23.9. The molecule has 0 radical (unpaired) electrons. The van der Waals surface area contributed by atoms with Crippen LogP contribution in [-0.2, 0) is 9.59 Å². The summed E-state index contributed by atoms with van der Waals surface area (Å²) in [4.78, 5) is 55.1. The zero-order valence-electron chi connectivity index (χ0n) is 18.7. The van der Waals surface area contributed by atoms with Crippen LogP contribution < -0.4 is 4.90 Å². The number of fused-ring (bicyclic) bond motifs is 5. The van der Waals surface area contributed by atoms with Crippen molar-refractivity contribution in [2.24, 2.45) is 11.8 Å². The summed E-state index contributed by atoms with van der Waals surface area (Å²) in [6.07, 6.45) is 3.66. The first-order valence-electron chi connectivity index (χ1n) is 11.3. The SMILES string of the molecule is O=C(c1ccc(Cl)cc1)[C@@H]1[C@@H]2C(=O)N(c3cccc([N+](=O)[O-])c3)C(=O)[C@@H]2C2c3ccccc3C=CN21. The molecule has 0 spiro atoms. The number of nitro groups is 1. The number of carbonyl (C=O) groups excluding carboxylic acids is 3. The Bertz CT molecular complexity index is 1480. The first-order valence-corrected chi connectivity index (χ1v) is 11.7. The highest BCUT2D eigenvalue weighted by molar-refractivity contribution is 6.30. The molecular formula is C27H18ClN3O5. The Kier molecular flexibility index (Phi) is 5.01. The third-order valence-electron chi connectivity index (χ3n) is 7.16. The van der Waals surface area contributed by atoms with Crippen LogP contribution in [0.15, 0.2) is 79.0 Å². The van der Waals surface area contributed by atoms with Crippen molar-refractivity contribution in [1.82, 2.24) is 4.90 Å². The molecule has 178 valence electrons. The minimum absolute atomic E-state index is 0.123. The fraction of sp³-hybridized carbons (Fsp3) is 0.148. The van der Waals surface area contributed by atoms with Crippen molar-refractivity contribution < 1.29 is 19.3 Å². The van der Waals surface area contributed by atoms with Crippen LogP contribution >= 0.6 is 11.6 Å². The van der Waals surface area contributed by atoms with Crippen molar-refractivity contribution in [3.63, 3.8) is 0 Å². The average molecular weight is 500 g/mol. The number of nitro benzene ring substituents is 1. The third-order valence-corrected chi connectivity index (χ3v) is 7.41. The van der Waals surface area contributed by atoms with Gasteiger partial charge in [0.15, 0.2) is 5.78 Å². The van der Waals surface area contributed by atoms with E-state index in [0.29, 0.717) is 10.6 Å². The number of amides is 2. The Hall–Kier alpha value is -4.30. The maximum Gasteiger partial charge on any atom is 0.271 e. The smallest absolute Gasteiger partial charge is 0.271 e. The molecule has 4 atom stereocenters. The number of carbonyl (C=O) groups is 3. The van der Waals surface area contributed by atoms with E-state index in [4.69, 9.17) is 11.6 Å². The molecule has 0 N–H and O–H groups in total. The monoisotopic (exact) mass is 499 g/mol. The lowest BCUT2D eigenvalue weighted by Crippen LogP contribution is -2.44. The predicted molar refractivity (Wildman–Crippen MR) is 132 cm³/mol. The number of imide groups is 1. The number of non-ortho nitro benzene ring substituents is 1. The molecule has 3 aromatic carbocycles. The van der Waals surface area contributed by atoms with Gasteiger partial charge in [0.05, 0.1) is 28.5 Å². The maximum absolute atomic E-state index is 13.8. The number of anilines is 1. The van der Waals surface area contributed by atoms with E-state index in [1.54, 1.807) is 30.5 Å². The summed E-state index contributed by atoms with van der Waals surface area (Å²) in [5.74, 6) is -3.10. The minimum Gasteiger partial charge on any atom is -0.358 e. The van der Waals surface area contributed by atoms with E-state index in [1.165, 1.54) is 24.3 Å². The quantitative estimate of drug-likeness (QED) is 0.224. The molecule has 0 saturated carbocycles. The lowest BCUT2D eigenvalue weighted by Gasteiger charge is -2.35. The molecule has 9 heteroatoms. The second-order valence-corrected chi connectivity index (χ2v) is 9.43. The molecule has 2 fully saturated rings. The van der Waals surface area contributed by atoms with Gasteiger partial charge in [-0.15, -0.1) is 0 Å². The Morgan fingerprint density at radius 1 is 0.917 bits per heavy atom. The number of hydrogen-bond donors (Lipinski definition) is 0. The summed E-state index contributed by atoms with van der Waals surface area (Å²) in [5, 5.41) is 11.8. The van der Waals surface area contributed by atoms with Crippen LogP contribution in [0.5, 0.6) is 0 Å². The van der Waals surface area contributed by atoms with Crippen LogP contribution in [0.3, 0.4) is 0 Å². The maximum atomic E-state index is 13.8. The number of benzene rings is 3. The van der Waals surface area contributed by atoms with Gasteiger partial charge < -0.3 is 4.90 Å². The zero-order valence-corrected chi connectivity index (χ0v) is 19.4. The fourth-order valence-corrected chi connectivity index (χ4v) is 5.77. The number of Topliss-reactive ketones (excluding diaryl/α,β-unsaturated/α-hetero) is 1. The molecule has 3 heterocycles. The molecule has 0 aliphatic carbocycles. The van der Waals surface area contributed by atoms with E-state index in [1.807, 2.05) is 35.2 Å². The molecule has 0 bridgehead atoms. The second-order valence-electron chi connectivity index (χ2n) is 8.99. The van der Waals surface area contributed by atoms with Gasteiger partial charge in [-0.3, -0.25) is 24.5 Å². The number of rotatable bonds is 4. The summed E-state index contributed by atoms with van der Waals surface area (Å²) in [6.45, 7) is 0. The molecule has 2 saturated heterocycles. The van der Waals surface area contributed by atoms with Crippen LogP contribution in [0.2, 0.25) is 5.02 Å². The molecule has 0 aromatic heterocycles. The van der Waals surface area contributed by atoms with Crippen molar-refractivity contribution in [1.29, 1.82) is 0 Å². The highest BCUT2D eigenvalue weighted by Crippen LogP contribution is 2.53. The van der Waals surface area contributed by atoms with E-state index in [-0.39, 0.29) is 17.2 Å². The number of ketones is 1. The summed E-state index contributed by atoms with van der Waals surface area (Å²) < 4.78 is 0. The van der Waals surface area contributed by atoms with Gasteiger partial charge in [0.2, 0.25) is 11.8 Å². The molecular weight excluding hydrogens is 482 g/mol. The van der Waals surface area contributed by atoms with E-state index < -0.39 is 40.7 Å². The standard InChI is InChI=1S/C27H18ClN3O5/c28-17-10-8-16(9-11-17)25(32)24-22-21(23-20-7-2-1-4-15(20)12-13-29(23)24)26(33)30(27(22)34)18-5-3-6-19(14-18)31(35)36/h1-14,21-24H/t21-,22+,23?,24-/m0/s1. The third kappa shape index (κ3) is 3.18. The number of halogens is 1. The Balaban J connectivity index is 1.49. The van der Waals surface area contributed by atoms with Gasteiger partial charge in [-0.1, -0.05) is 41.9 Å². The molecule has 3 aliphatic heterocycles. The van der Waals surface area contributed by atoms with Gasteiger partial charge in [0.25, 0.3) is 5.69 Å². The molecule has 8 nitrogen and oxygen atoms in total. The molecule has 3 aliphatic rings. The number of hydrogen-bond acceptors (Lipinski definition) is 6. The van der Waals surface area contributed by atoms with Crippen LogP contribution in [-0.4, -0.2) is 33.5 Å². The first-order chi connectivity index (χ1) is 17.4. The molecule has 3 aromatic rings. The van der Waals surface area contributed by atoms with Gasteiger partial charge >= 0.3 is 0 Å². The van der Waals surface area contributed by atoms with Crippen molar-refractivity contribution in [3.8, 4) is 0 Å². The topological polar surface area (TPSA) is 101 Å². The highest BCUT2D eigenvalue weighted by atomic mass is 35.5. The van der Waals surface area contributed by atoms with Crippen LogP contribution in [0.4, 0.5) is 11.4 Å². The van der Waals surface area contributed by atoms with Crippen molar-refractivity contribution in [2.75, 3.05) is 4.90 Å². The predicted octanol–water partition coefficient (Wildman–Crippen LogP) is 4.65. The van der Waals surface area contributed by atoms with Crippen LogP contribution in [0, 0.1) is 22.0 Å². The largest absolute Gasteiger partial charge is 0.358 e. The summed E-state index contributed by atoms with van der Waals surface area (Å²) in [5.41, 5.74) is 2.03. The van der Waals surface area contributed by atoms with Crippen LogP contribution in [0.25, 0.3) is 6.08 Å². The lowest BCUT2D eigenvalue weighted by molar-refractivity contribution is -0.384. The van der Waals surface area contributed by atoms with Gasteiger partial charge in [0, 0.05) is 28.9 Å². The van der Waals surface area contributed by atoms with Gasteiger partial charge in [-0.2, -0.15) is 0 Å². The fourth-order valence-electron chi connectivity index (χ4n) is 5.64. The first kappa shape index (κ1) is 22.2. The van der Waals surface area contributed by atoms with E-state index in [9.17, 15) is 24.5 Å². The summed E-state index contributed by atoms with van der Waals surface area (Å²) >= 11 is 6.01. The molecule has 1 unspecified atom stereocenters. The van der Waals surface area contributed by atoms with Crippen LogP contribution in [0.1, 0.15) is 27.5 Å². The Morgan fingerprint density at radius 2 is 1.64 bits per heavy atom. The number of nitrogens with zero attached hydrogens (tertiary/aromatic N) is 3. The Labute approximate surface area is 210 Å². The molecule has 36 heavy (non-hydrogen) atoms. The van der Waals surface area contributed by atoms with E-state index >= 15 is 0 Å². The van der Waals surface area contributed by atoms with E-state index in [0.717, 1.165) is 16.0 Å².